The average Bonchev–Trinajstić information content (AvgIpc) is 3.71. The molecule has 10 aromatic carbocycles. The number of furan rings is 1. The first kappa shape index (κ1) is 17.3. The van der Waals surface area contributed by atoms with Gasteiger partial charge in [0.25, 0.3) is 0 Å². The molecule has 11 rings (SSSR count). The second-order valence-corrected chi connectivity index (χ2v) is 12.5. The molecule has 0 spiro atoms. The fourth-order valence-electron chi connectivity index (χ4n) is 7.38. The van der Waals surface area contributed by atoms with E-state index in [1.807, 2.05) is 60.7 Å². The predicted octanol–water partition coefficient (Wildman–Crippen LogP) is 14.4. The molecule has 0 unspecified atom stereocenters. The smallest absolute Gasteiger partial charge is 0.136 e. The summed E-state index contributed by atoms with van der Waals surface area (Å²) in [4.78, 5) is 0. The zero-order valence-electron chi connectivity index (χ0n) is 41.6. The largest absolute Gasteiger partial charge is 0.456 e. The van der Waals surface area contributed by atoms with Crippen LogP contribution in [0, 0.1) is 0 Å². The molecule has 0 radical (unpaired) electrons. The van der Waals surface area contributed by atoms with Gasteiger partial charge < -0.3 is 4.42 Å². The second-order valence-electron chi connectivity index (χ2n) is 12.5. The fraction of sp³-hybridized carbons (Fsp3) is 0. The van der Waals surface area contributed by atoms with Crippen LogP contribution in [0.15, 0.2) is 186 Å². The third-order valence-corrected chi connectivity index (χ3v) is 9.70. The highest BCUT2D eigenvalue weighted by molar-refractivity contribution is 6.22. The molecule has 0 atom stereocenters. The van der Waals surface area contributed by atoms with Crippen molar-refractivity contribution in [2.24, 2.45) is 0 Å². The van der Waals surface area contributed by atoms with Gasteiger partial charge in [0.2, 0.25) is 0 Å². The maximum absolute atomic E-state index is 9.48. The molecule has 1 heteroatoms. The van der Waals surface area contributed by atoms with E-state index in [1.165, 1.54) is 0 Å². The summed E-state index contributed by atoms with van der Waals surface area (Å²) in [5.74, 6) is 0. The van der Waals surface area contributed by atoms with Crippen molar-refractivity contribution in [3.63, 3.8) is 0 Å². The van der Waals surface area contributed by atoms with E-state index in [-0.39, 0.29) is 32.7 Å². The SMILES string of the molecule is [2H]c1c([2H])c([2H])c2c([2H])c(-c3c4c([2H])c([2H])c([2H])c([2H])c4c(-c4ccc5ccc(-c6ccc7oc8ccc9ccccc9c8c7c6)cc5c4)c4c([2H])c([2H])c([2H])c([2H])c34)c([2H])c([2H])c2c1[2H]. The average molecular weight is 662 g/mol. The summed E-state index contributed by atoms with van der Waals surface area (Å²) in [6.45, 7) is 0. The quantitative estimate of drug-likeness (QED) is 0.172. The monoisotopic (exact) mass is 661 g/mol. The van der Waals surface area contributed by atoms with E-state index in [9.17, 15) is 8.22 Å². The predicted molar refractivity (Wildman–Crippen MR) is 218 cm³/mol. The first-order valence-corrected chi connectivity index (χ1v) is 16.4. The molecule has 0 N–H and O–H groups in total. The van der Waals surface area contributed by atoms with Crippen LogP contribution in [-0.2, 0) is 0 Å². The maximum atomic E-state index is 9.48. The van der Waals surface area contributed by atoms with Gasteiger partial charge in [-0.25, -0.2) is 0 Å². The Morgan fingerprint density at radius 1 is 0.353 bits per heavy atom. The molecule has 51 heavy (non-hydrogen) atoms. The van der Waals surface area contributed by atoms with E-state index in [1.54, 1.807) is 12.1 Å². The fourth-order valence-corrected chi connectivity index (χ4v) is 7.38. The highest BCUT2D eigenvalue weighted by Gasteiger charge is 2.17. The Morgan fingerprint density at radius 3 is 1.73 bits per heavy atom. The van der Waals surface area contributed by atoms with Crippen LogP contribution >= 0.6 is 0 Å². The third kappa shape index (κ3) is 4.35. The van der Waals surface area contributed by atoms with E-state index in [0.717, 1.165) is 49.2 Å². The normalized spacial score (nSPS) is 16.0. The van der Waals surface area contributed by atoms with Crippen molar-refractivity contribution in [2.75, 3.05) is 0 Å². The van der Waals surface area contributed by atoms with E-state index < -0.39 is 107 Å². The molecule has 0 bridgehead atoms. The number of hydrogen-bond donors (Lipinski definition) is 0. The molecule has 1 nitrogen and oxygen atoms in total. The van der Waals surface area contributed by atoms with Crippen LogP contribution in [0.1, 0.15) is 20.6 Å². The minimum Gasteiger partial charge on any atom is -0.456 e. The Bertz CT molecular complexity index is 3980. The van der Waals surface area contributed by atoms with Crippen LogP contribution in [0.4, 0.5) is 0 Å². The minimum absolute atomic E-state index is 0.0417. The standard InChI is InChI=1S/C50H30O/c1-2-11-34-27-37(21-18-31(34)9-1)48-41-13-5-7-15-43(41)49(44-16-8-6-14-42(44)48)38-22-19-32-17-20-35(28-39(32)29-38)36-24-25-46-45(30-36)50-40-12-4-3-10-33(40)23-26-47(50)51-46/h1-30H/i1D,2D,5D,6D,7D,8D,9D,11D,13D,14D,15D,16D,18D,21D,27D. The molecule has 236 valence electrons. The van der Waals surface area contributed by atoms with Crippen LogP contribution < -0.4 is 0 Å². The summed E-state index contributed by atoms with van der Waals surface area (Å²) in [7, 11) is 0. The van der Waals surface area contributed by atoms with Gasteiger partial charge in [-0.1, -0.05) is 145 Å². The van der Waals surface area contributed by atoms with Crippen LogP contribution in [0.2, 0.25) is 0 Å². The van der Waals surface area contributed by atoms with Gasteiger partial charge in [-0.3, -0.25) is 0 Å². The number of fused-ring (bicyclic) bond motifs is 9. The summed E-state index contributed by atoms with van der Waals surface area (Å²) in [6, 6.07) is 19.3. The summed E-state index contributed by atoms with van der Waals surface area (Å²) in [5.41, 5.74) is 2.75. The zero-order valence-corrected chi connectivity index (χ0v) is 26.6. The Hall–Kier alpha value is -6.70. The summed E-state index contributed by atoms with van der Waals surface area (Å²) in [6.07, 6.45) is 0. The van der Waals surface area contributed by atoms with Gasteiger partial charge in [0.05, 0.1) is 20.6 Å². The van der Waals surface area contributed by atoms with Crippen molar-refractivity contribution >= 4 is 75.8 Å². The highest BCUT2D eigenvalue weighted by atomic mass is 16.3. The Balaban J connectivity index is 1.25. The molecule has 0 aliphatic carbocycles. The minimum atomic E-state index is -0.735. The Kier molecular flexibility index (Phi) is 3.70. The lowest BCUT2D eigenvalue weighted by atomic mass is 9.85. The molecule has 0 saturated heterocycles. The second kappa shape index (κ2) is 10.9. The van der Waals surface area contributed by atoms with Gasteiger partial charge >= 0.3 is 0 Å². The van der Waals surface area contributed by atoms with Crippen molar-refractivity contribution in [3.8, 4) is 33.4 Å². The molecular weight excluding hydrogens is 617 g/mol. The van der Waals surface area contributed by atoms with Gasteiger partial charge in [-0.2, -0.15) is 0 Å². The number of hydrogen-bond acceptors (Lipinski definition) is 1. The highest BCUT2D eigenvalue weighted by Crippen LogP contribution is 2.45. The lowest BCUT2D eigenvalue weighted by molar-refractivity contribution is 0.669. The van der Waals surface area contributed by atoms with Crippen molar-refractivity contribution in [3.05, 3.63) is 182 Å². The van der Waals surface area contributed by atoms with Gasteiger partial charge in [0.1, 0.15) is 11.2 Å². The van der Waals surface area contributed by atoms with E-state index >= 15 is 0 Å². The van der Waals surface area contributed by atoms with Crippen LogP contribution in [0.25, 0.3) is 109 Å². The summed E-state index contributed by atoms with van der Waals surface area (Å²) < 4.78 is 141. The molecule has 11 aromatic rings. The number of rotatable bonds is 3. The van der Waals surface area contributed by atoms with Crippen LogP contribution in [0.5, 0.6) is 0 Å². The summed E-state index contributed by atoms with van der Waals surface area (Å²) >= 11 is 0. The van der Waals surface area contributed by atoms with Crippen molar-refractivity contribution in [2.45, 2.75) is 0 Å². The maximum Gasteiger partial charge on any atom is 0.136 e. The zero-order chi connectivity index (χ0) is 46.5. The van der Waals surface area contributed by atoms with Crippen molar-refractivity contribution < 1.29 is 25.0 Å². The summed E-state index contributed by atoms with van der Waals surface area (Å²) in [5, 5.41) is 3.80. The molecule has 1 heterocycles. The van der Waals surface area contributed by atoms with Gasteiger partial charge in [0, 0.05) is 10.8 Å². The molecule has 1 aromatic heterocycles. The van der Waals surface area contributed by atoms with Gasteiger partial charge in [-0.15, -0.1) is 0 Å². The van der Waals surface area contributed by atoms with Crippen molar-refractivity contribution in [1.29, 1.82) is 0 Å². The lowest BCUT2D eigenvalue weighted by Gasteiger charge is -2.18. The first-order valence-electron chi connectivity index (χ1n) is 23.9. The van der Waals surface area contributed by atoms with E-state index in [2.05, 4.69) is 18.2 Å². The Labute approximate surface area is 315 Å². The molecule has 0 fully saturated rings. The molecule has 0 amide bonds. The number of benzene rings is 10. The lowest BCUT2D eigenvalue weighted by Crippen LogP contribution is -1.91. The molecular formula is C50H30O. The molecule has 0 aliphatic heterocycles. The molecule has 0 aliphatic rings. The Morgan fingerprint density at radius 2 is 0.941 bits per heavy atom. The van der Waals surface area contributed by atoms with Crippen LogP contribution in [-0.4, -0.2) is 0 Å². The topological polar surface area (TPSA) is 13.1 Å². The van der Waals surface area contributed by atoms with Crippen molar-refractivity contribution in [1.82, 2.24) is 0 Å². The van der Waals surface area contributed by atoms with E-state index in [0.29, 0.717) is 10.9 Å². The molecule has 0 saturated carbocycles. The van der Waals surface area contributed by atoms with Crippen LogP contribution in [0.3, 0.4) is 0 Å². The first-order chi connectivity index (χ1) is 31.5. The van der Waals surface area contributed by atoms with Gasteiger partial charge in [0.15, 0.2) is 0 Å². The third-order valence-electron chi connectivity index (χ3n) is 9.70. The van der Waals surface area contributed by atoms with Gasteiger partial charge in [-0.05, 0) is 124 Å². The van der Waals surface area contributed by atoms with E-state index in [4.69, 9.17) is 16.8 Å².